The minimum atomic E-state index is -0.494. The third kappa shape index (κ3) is 2.61. The molecule has 2 aromatic rings. The fourth-order valence-electron chi connectivity index (χ4n) is 3.03. The number of benzene rings is 2. The predicted molar refractivity (Wildman–Crippen MR) is 90.7 cm³/mol. The van der Waals surface area contributed by atoms with Crippen LogP contribution in [0.4, 0.5) is 5.69 Å². The van der Waals surface area contributed by atoms with Crippen molar-refractivity contribution in [3.05, 3.63) is 64.7 Å². The molecule has 1 atom stereocenters. The minimum Gasteiger partial charge on any atom is -0.357 e. The molecule has 0 saturated heterocycles. The Hall–Kier alpha value is -2.62. The lowest BCUT2D eigenvalue weighted by atomic mass is 10.0. The standard InChI is InChI=1S/C19H20N2O2/c1-12-8-9-15(10-13(12)2)19(23)21-16-7-5-4-6-14(16)11-17(21)18(22)20-3/h4-10,17H,11H2,1-3H3,(H,20,22). The third-order valence-corrected chi connectivity index (χ3v) is 4.50. The van der Waals surface area contributed by atoms with Gasteiger partial charge < -0.3 is 5.32 Å². The van der Waals surface area contributed by atoms with E-state index in [1.165, 1.54) is 0 Å². The van der Waals surface area contributed by atoms with Crippen molar-refractivity contribution in [2.75, 3.05) is 11.9 Å². The van der Waals surface area contributed by atoms with Gasteiger partial charge in [0, 0.05) is 24.7 Å². The van der Waals surface area contributed by atoms with Gasteiger partial charge in [0.2, 0.25) is 5.91 Å². The van der Waals surface area contributed by atoms with Crippen molar-refractivity contribution in [2.45, 2.75) is 26.3 Å². The Morgan fingerprint density at radius 2 is 1.83 bits per heavy atom. The van der Waals surface area contributed by atoms with E-state index in [1.54, 1.807) is 11.9 Å². The number of carbonyl (C=O) groups excluding carboxylic acids is 2. The molecule has 1 unspecified atom stereocenters. The van der Waals surface area contributed by atoms with Crippen LogP contribution in [-0.2, 0) is 11.2 Å². The van der Waals surface area contributed by atoms with Crippen LogP contribution in [0.1, 0.15) is 27.0 Å². The highest BCUT2D eigenvalue weighted by atomic mass is 16.2. The van der Waals surface area contributed by atoms with E-state index in [1.807, 2.05) is 56.3 Å². The Morgan fingerprint density at radius 3 is 2.52 bits per heavy atom. The summed E-state index contributed by atoms with van der Waals surface area (Å²) < 4.78 is 0. The minimum absolute atomic E-state index is 0.133. The van der Waals surface area contributed by atoms with Gasteiger partial charge in [0.1, 0.15) is 6.04 Å². The first-order valence-corrected chi connectivity index (χ1v) is 7.73. The molecule has 118 valence electrons. The van der Waals surface area contributed by atoms with Crippen LogP contribution < -0.4 is 10.2 Å². The van der Waals surface area contributed by atoms with Crippen LogP contribution in [0.15, 0.2) is 42.5 Å². The number of amides is 2. The van der Waals surface area contributed by atoms with E-state index in [0.29, 0.717) is 12.0 Å². The number of aryl methyl sites for hydroxylation is 2. The summed E-state index contributed by atoms with van der Waals surface area (Å²) in [6.07, 6.45) is 0.548. The monoisotopic (exact) mass is 308 g/mol. The second kappa shape index (κ2) is 5.88. The fraction of sp³-hybridized carbons (Fsp3) is 0.263. The Kier molecular flexibility index (Phi) is 3.90. The Labute approximate surface area is 136 Å². The van der Waals surface area contributed by atoms with Gasteiger partial charge in [-0.15, -0.1) is 0 Å². The second-order valence-corrected chi connectivity index (χ2v) is 5.94. The maximum Gasteiger partial charge on any atom is 0.259 e. The molecule has 4 heteroatoms. The highest BCUT2D eigenvalue weighted by Gasteiger charge is 2.38. The van der Waals surface area contributed by atoms with Crippen molar-refractivity contribution in [3.8, 4) is 0 Å². The van der Waals surface area contributed by atoms with Crippen LogP contribution in [0, 0.1) is 13.8 Å². The summed E-state index contributed by atoms with van der Waals surface area (Å²) in [5.41, 5.74) is 4.67. The Balaban J connectivity index is 2.04. The SMILES string of the molecule is CNC(=O)C1Cc2ccccc2N1C(=O)c1ccc(C)c(C)c1. The summed E-state index contributed by atoms with van der Waals surface area (Å²) in [4.78, 5) is 26.9. The number of nitrogens with zero attached hydrogens (tertiary/aromatic N) is 1. The van der Waals surface area contributed by atoms with Gasteiger partial charge in [0.15, 0.2) is 0 Å². The molecule has 0 spiro atoms. The van der Waals surface area contributed by atoms with Gasteiger partial charge in [-0.2, -0.15) is 0 Å². The predicted octanol–water partition coefficient (Wildman–Crippen LogP) is 2.62. The molecule has 0 radical (unpaired) electrons. The zero-order valence-electron chi connectivity index (χ0n) is 13.6. The van der Waals surface area contributed by atoms with E-state index in [-0.39, 0.29) is 11.8 Å². The molecule has 2 amide bonds. The molecule has 3 rings (SSSR count). The zero-order chi connectivity index (χ0) is 16.6. The van der Waals surface area contributed by atoms with E-state index in [2.05, 4.69) is 5.32 Å². The molecule has 0 saturated carbocycles. The molecule has 4 nitrogen and oxygen atoms in total. The van der Waals surface area contributed by atoms with Crippen molar-refractivity contribution < 1.29 is 9.59 Å². The van der Waals surface area contributed by atoms with Crippen LogP contribution in [-0.4, -0.2) is 24.9 Å². The number of likely N-dealkylation sites (N-methyl/N-ethyl adjacent to an activating group) is 1. The van der Waals surface area contributed by atoms with Crippen molar-refractivity contribution >= 4 is 17.5 Å². The van der Waals surface area contributed by atoms with Gasteiger partial charge in [-0.3, -0.25) is 14.5 Å². The quantitative estimate of drug-likeness (QED) is 0.927. The van der Waals surface area contributed by atoms with E-state index >= 15 is 0 Å². The van der Waals surface area contributed by atoms with Crippen LogP contribution in [0.5, 0.6) is 0 Å². The number of nitrogens with one attached hydrogen (secondary N) is 1. The van der Waals surface area contributed by atoms with Gasteiger partial charge in [0.05, 0.1) is 0 Å². The molecule has 0 bridgehead atoms. The molecule has 2 aromatic carbocycles. The first kappa shape index (κ1) is 15.3. The molecule has 1 aliphatic rings. The normalized spacial score (nSPS) is 16.1. The van der Waals surface area contributed by atoms with Crippen molar-refractivity contribution in [1.82, 2.24) is 5.32 Å². The first-order chi connectivity index (χ1) is 11.0. The number of anilines is 1. The maximum absolute atomic E-state index is 13.0. The number of para-hydroxylation sites is 1. The van der Waals surface area contributed by atoms with E-state index in [9.17, 15) is 9.59 Å². The van der Waals surface area contributed by atoms with Crippen molar-refractivity contribution in [2.24, 2.45) is 0 Å². The summed E-state index contributed by atoms with van der Waals surface area (Å²) in [5, 5.41) is 2.67. The average Bonchev–Trinajstić information content (AvgIpc) is 2.95. The highest BCUT2D eigenvalue weighted by Crippen LogP contribution is 2.33. The number of fused-ring (bicyclic) bond motifs is 1. The molecule has 0 aliphatic carbocycles. The number of rotatable bonds is 2. The molecule has 23 heavy (non-hydrogen) atoms. The topological polar surface area (TPSA) is 49.4 Å². The van der Waals surface area contributed by atoms with Crippen LogP contribution in [0.3, 0.4) is 0 Å². The molecule has 0 fully saturated rings. The third-order valence-electron chi connectivity index (χ3n) is 4.50. The molecule has 1 N–H and O–H groups in total. The molecule has 0 aromatic heterocycles. The fourth-order valence-corrected chi connectivity index (χ4v) is 3.03. The summed E-state index contributed by atoms with van der Waals surface area (Å²) in [5.74, 6) is -0.273. The lowest BCUT2D eigenvalue weighted by Crippen LogP contribution is -2.47. The van der Waals surface area contributed by atoms with E-state index in [0.717, 1.165) is 22.4 Å². The summed E-state index contributed by atoms with van der Waals surface area (Å²) in [6, 6.07) is 12.9. The number of hydrogen-bond acceptors (Lipinski definition) is 2. The summed E-state index contributed by atoms with van der Waals surface area (Å²) >= 11 is 0. The van der Waals surface area contributed by atoms with Crippen LogP contribution in [0.25, 0.3) is 0 Å². The smallest absolute Gasteiger partial charge is 0.259 e. The largest absolute Gasteiger partial charge is 0.357 e. The number of hydrogen-bond donors (Lipinski definition) is 1. The van der Waals surface area contributed by atoms with Gasteiger partial charge in [0.25, 0.3) is 5.91 Å². The van der Waals surface area contributed by atoms with Gasteiger partial charge in [-0.05, 0) is 48.7 Å². The summed E-state index contributed by atoms with van der Waals surface area (Å²) in [7, 11) is 1.60. The lowest BCUT2D eigenvalue weighted by Gasteiger charge is -2.24. The van der Waals surface area contributed by atoms with Crippen LogP contribution in [0.2, 0.25) is 0 Å². The lowest BCUT2D eigenvalue weighted by molar-refractivity contribution is -0.121. The molecule has 1 heterocycles. The highest BCUT2D eigenvalue weighted by molar-refractivity contribution is 6.11. The zero-order valence-corrected chi connectivity index (χ0v) is 13.6. The van der Waals surface area contributed by atoms with E-state index < -0.39 is 6.04 Å². The average molecular weight is 308 g/mol. The maximum atomic E-state index is 13.0. The second-order valence-electron chi connectivity index (χ2n) is 5.94. The Morgan fingerprint density at radius 1 is 1.09 bits per heavy atom. The first-order valence-electron chi connectivity index (χ1n) is 7.73. The molecular formula is C19H20N2O2. The molecule has 1 aliphatic heterocycles. The van der Waals surface area contributed by atoms with E-state index in [4.69, 9.17) is 0 Å². The Bertz CT molecular complexity index is 783. The van der Waals surface area contributed by atoms with Gasteiger partial charge >= 0.3 is 0 Å². The van der Waals surface area contributed by atoms with Gasteiger partial charge in [-0.1, -0.05) is 24.3 Å². The van der Waals surface area contributed by atoms with Crippen molar-refractivity contribution in [3.63, 3.8) is 0 Å². The number of carbonyl (C=O) groups is 2. The summed E-state index contributed by atoms with van der Waals surface area (Å²) in [6.45, 7) is 4.00. The molecular weight excluding hydrogens is 288 g/mol. The van der Waals surface area contributed by atoms with Gasteiger partial charge in [-0.25, -0.2) is 0 Å². The van der Waals surface area contributed by atoms with Crippen molar-refractivity contribution in [1.29, 1.82) is 0 Å². The van der Waals surface area contributed by atoms with Crippen LogP contribution >= 0.6 is 0 Å².